The molecule has 0 atom stereocenters. The van der Waals surface area contributed by atoms with Crippen LogP contribution < -0.4 is 4.74 Å². The lowest BCUT2D eigenvalue weighted by Gasteiger charge is -2.09. The van der Waals surface area contributed by atoms with Gasteiger partial charge in [0.15, 0.2) is 6.29 Å². The standard InChI is InChI=1S/C14H19FO5/c1-17-4-5-18-6-7-19-8-9-20-14-3-2-13(15)10-12(14)11-16/h2-3,10-11H,4-9H2,1H3. The molecule has 0 fully saturated rings. The first-order valence-electron chi connectivity index (χ1n) is 6.30. The molecular weight excluding hydrogens is 267 g/mol. The van der Waals surface area contributed by atoms with E-state index in [0.29, 0.717) is 45.1 Å². The van der Waals surface area contributed by atoms with Crippen molar-refractivity contribution in [3.8, 4) is 5.75 Å². The normalized spacial score (nSPS) is 10.5. The highest BCUT2D eigenvalue weighted by Crippen LogP contribution is 2.17. The minimum atomic E-state index is -0.469. The molecule has 0 amide bonds. The Balaban J connectivity index is 2.11. The number of carbonyl (C=O) groups excluding carboxylic acids is 1. The van der Waals surface area contributed by atoms with E-state index in [2.05, 4.69) is 0 Å². The van der Waals surface area contributed by atoms with Crippen molar-refractivity contribution in [3.05, 3.63) is 29.6 Å². The summed E-state index contributed by atoms with van der Waals surface area (Å²) in [5.41, 5.74) is 0.188. The van der Waals surface area contributed by atoms with Crippen molar-refractivity contribution in [1.29, 1.82) is 0 Å². The summed E-state index contributed by atoms with van der Waals surface area (Å²) in [5, 5.41) is 0. The van der Waals surface area contributed by atoms with Crippen molar-refractivity contribution in [1.82, 2.24) is 0 Å². The molecule has 0 bridgehead atoms. The molecule has 6 heteroatoms. The topological polar surface area (TPSA) is 54.0 Å². The summed E-state index contributed by atoms with van der Waals surface area (Å²) >= 11 is 0. The van der Waals surface area contributed by atoms with Gasteiger partial charge in [-0.3, -0.25) is 4.79 Å². The van der Waals surface area contributed by atoms with Crippen molar-refractivity contribution in [2.24, 2.45) is 0 Å². The third kappa shape index (κ3) is 6.60. The molecule has 1 aromatic carbocycles. The number of rotatable bonds is 11. The van der Waals surface area contributed by atoms with E-state index in [0.717, 1.165) is 6.07 Å². The molecule has 0 aliphatic carbocycles. The first-order chi connectivity index (χ1) is 9.77. The summed E-state index contributed by atoms with van der Waals surface area (Å²) in [6.07, 6.45) is 0.558. The highest BCUT2D eigenvalue weighted by molar-refractivity contribution is 5.79. The third-order valence-electron chi connectivity index (χ3n) is 2.39. The van der Waals surface area contributed by atoms with E-state index in [-0.39, 0.29) is 12.2 Å². The van der Waals surface area contributed by atoms with Gasteiger partial charge in [-0.15, -0.1) is 0 Å². The van der Waals surface area contributed by atoms with Crippen molar-refractivity contribution in [3.63, 3.8) is 0 Å². The Hall–Kier alpha value is -1.50. The number of carbonyl (C=O) groups is 1. The van der Waals surface area contributed by atoms with Crippen molar-refractivity contribution >= 4 is 6.29 Å². The van der Waals surface area contributed by atoms with Crippen LogP contribution in [0.15, 0.2) is 18.2 Å². The molecule has 0 N–H and O–H groups in total. The molecule has 0 aromatic heterocycles. The molecule has 1 aromatic rings. The molecule has 0 saturated heterocycles. The molecule has 0 aliphatic heterocycles. The van der Waals surface area contributed by atoms with Crippen LogP contribution in [0.2, 0.25) is 0 Å². The number of hydrogen-bond acceptors (Lipinski definition) is 5. The van der Waals surface area contributed by atoms with E-state index in [1.165, 1.54) is 12.1 Å². The molecule has 0 radical (unpaired) electrons. The summed E-state index contributed by atoms with van der Waals surface area (Å²) in [7, 11) is 1.61. The van der Waals surface area contributed by atoms with E-state index < -0.39 is 5.82 Å². The predicted octanol–water partition coefficient (Wildman–Crippen LogP) is 1.70. The number of halogens is 1. The molecule has 0 unspecified atom stereocenters. The van der Waals surface area contributed by atoms with Gasteiger partial charge in [-0.2, -0.15) is 0 Å². The van der Waals surface area contributed by atoms with Crippen LogP contribution in [0.4, 0.5) is 4.39 Å². The maximum atomic E-state index is 12.9. The zero-order valence-corrected chi connectivity index (χ0v) is 11.5. The smallest absolute Gasteiger partial charge is 0.153 e. The van der Waals surface area contributed by atoms with Gasteiger partial charge in [-0.05, 0) is 18.2 Å². The fourth-order valence-electron chi connectivity index (χ4n) is 1.42. The summed E-state index contributed by atoms with van der Waals surface area (Å²) < 4.78 is 33.5. The van der Waals surface area contributed by atoms with E-state index in [9.17, 15) is 9.18 Å². The lowest BCUT2D eigenvalue weighted by atomic mass is 10.2. The second-order valence-corrected chi connectivity index (χ2v) is 3.87. The van der Waals surface area contributed by atoms with Gasteiger partial charge in [0, 0.05) is 7.11 Å². The summed E-state index contributed by atoms with van der Waals surface area (Å²) in [4.78, 5) is 10.7. The average molecular weight is 286 g/mol. The van der Waals surface area contributed by atoms with Gasteiger partial charge < -0.3 is 18.9 Å². The summed E-state index contributed by atoms with van der Waals surface area (Å²) in [6, 6.07) is 3.80. The molecule has 0 spiro atoms. The molecule has 5 nitrogen and oxygen atoms in total. The van der Waals surface area contributed by atoms with Crippen molar-refractivity contribution < 1.29 is 28.1 Å². The van der Waals surface area contributed by atoms with Crippen LogP contribution in [0.3, 0.4) is 0 Å². The molecule has 0 aliphatic rings. The van der Waals surface area contributed by atoms with Crippen molar-refractivity contribution in [2.75, 3.05) is 46.8 Å². The molecule has 0 saturated carbocycles. The Bertz CT molecular complexity index is 397. The minimum Gasteiger partial charge on any atom is -0.490 e. The Kier molecular flexibility index (Phi) is 8.53. The van der Waals surface area contributed by atoms with Crippen LogP contribution in [0.5, 0.6) is 5.75 Å². The maximum absolute atomic E-state index is 12.9. The second-order valence-electron chi connectivity index (χ2n) is 3.87. The molecule has 0 heterocycles. The SMILES string of the molecule is COCCOCCOCCOc1ccc(F)cc1C=O. The lowest BCUT2D eigenvalue weighted by molar-refractivity contribution is 0.0179. The lowest BCUT2D eigenvalue weighted by Crippen LogP contribution is -2.12. The highest BCUT2D eigenvalue weighted by Gasteiger charge is 2.04. The zero-order chi connectivity index (χ0) is 14.6. The monoisotopic (exact) mass is 286 g/mol. The van der Waals surface area contributed by atoms with Crippen LogP contribution in [0.1, 0.15) is 10.4 Å². The Morgan fingerprint density at radius 1 is 1.05 bits per heavy atom. The molecule has 1 rings (SSSR count). The quantitative estimate of drug-likeness (QED) is 0.458. The van der Waals surface area contributed by atoms with E-state index in [4.69, 9.17) is 18.9 Å². The van der Waals surface area contributed by atoms with Gasteiger partial charge in [0.25, 0.3) is 0 Å². The fourth-order valence-corrected chi connectivity index (χ4v) is 1.42. The van der Waals surface area contributed by atoms with Gasteiger partial charge in [0.1, 0.15) is 18.2 Å². The van der Waals surface area contributed by atoms with Crippen LogP contribution >= 0.6 is 0 Å². The Labute approximate surface area is 117 Å². The summed E-state index contributed by atoms with van der Waals surface area (Å²) in [6.45, 7) is 2.68. The molecular formula is C14H19FO5. The maximum Gasteiger partial charge on any atom is 0.153 e. The highest BCUT2D eigenvalue weighted by atomic mass is 19.1. The van der Waals surface area contributed by atoms with Gasteiger partial charge in [-0.25, -0.2) is 4.39 Å². The summed E-state index contributed by atoms with van der Waals surface area (Å²) in [5.74, 6) is -0.120. The largest absolute Gasteiger partial charge is 0.490 e. The molecule has 112 valence electrons. The molecule has 20 heavy (non-hydrogen) atoms. The average Bonchev–Trinajstić information content (AvgIpc) is 2.46. The van der Waals surface area contributed by atoms with Gasteiger partial charge in [0.2, 0.25) is 0 Å². The van der Waals surface area contributed by atoms with E-state index in [1.54, 1.807) is 7.11 Å². The number of benzene rings is 1. The zero-order valence-electron chi connectivity index (χ0n) is 11.5. The Morgan fingerprint density at radius 3 is 2.35 bits per heavy atom. The van der Waals surface area contributed by atoms with Gasteiger partial charge in [0.05, 0.1) is 38.6 Å². The van der Waals surface area contributed by atoms with Gasteiger partial charge >= 0.3 is 0 Å². The van der Waals surface area contributed by atoms with E-state index >= 15 is 0 Å². The van der Waals surface area contributed by atoms with Gasteiger partial charge in [-0.1, -0.05) is 0 Å². The number of hydrogen-bond donors (Lipinski definition) is 0. The second kappa shape index (κ2) is 10.3. The van der Waals surface area contributed by atoms with Crippen LogP contribution in [-0.2, 0) is 14.2 Å². The first-order valence-corrected chi connectivity index (χ1v) is 6.30. The Morgan fingerprint density at radius 2 is 1.70 bits per heavy atom. The number of ether oxygens (including phenoxy) is 4. The predicted molar refractivity (Wildman–Crippen MR) is 70.8 cm³/mol. The number of methoxy groups -OCH3 is 1. The van der Waals surface area contributed by atoms with Crippen LogP contribution in [0.25, 0.3) is 0 Å². The van der Waals surface area contributed by atoms with E-state index in [1.807, 2.05) is 0 Å². The van der Waals surface area contributed by atoms with Crippen LogP contribution in [-0.4, -0.2) is 53.0 Å². The third-order valence-corrected chi connectivity index (χ3v) is 2.39. The minimum absolute atomic E-state index is 0.188. The number of aldehydes is 1. The van der Waals surface area contributed by atoms with Crippen molar-refractivity contribution in [2.45, 2.75) is 0 Å². The van der Waals surface area contributed by atoms with Crippen LogP contribution in [0, 0.1) is 5.82 Å². The first kappa shape index (κ1) is 16.6. The fraction of sp³-hybridized carbons (Fsp3) is 0.500.